The summed E-state index contributed by atoms with van der Waals surface area (Å²) in [4.78, 5) is 0. The van der Waals surface area contributed by atoms with E-state index in [1.165, 1.54) is 0 Å². The van der Waals surface area contributed by atoms with Gasteiger partial charge >= 0.3 is 0 Å². The first kappa shape index (κ1) is 12.1. The van der Waals surface area contributed by atoms with Crippen LogP contribution in [0.2, 0.25) is 0 Å². The van der Waals surface area contributed by atoms with E-state index in [9.17, 15) is 8.42 Å². The van der Waals surface area contributed by atoms with Crippen molar-refractivity contribution in [3.63, 3.8) is 0 Å². The van der Waals surface area contributed by atoms with Crippen molar-refractivity contribution in [2.24, 2.45) is 0 Å². The number of hydrogen-bond acceptors (Lipinski definition) is 3. The maximum atomic E-state index is 12.1. The first-order valence-electron chi connectivity index (χ1n) is 6.20. The Hall–Kier alpha value is -0.910. The highest BCUT2D eigenvalue weighted by Gasteiger charge is 2.52. The molecule has 0 unspecified atom stereocenters. The Morgan fingerprint density at radius 3 is 2.44 bits per heavy atom. The molecule has 1 N–H and O–H groups in total. The summed E-state index contributed by atoms with van der Waals surface area (Å²) in [6, 6.07) is 9.60. The first-order valence-corrected chi connectivity index (χ1v) is 7.69. The van der Waals surface area contributed by atoms with E-state index in [1.54, 1.807) is 6.92 Å². The fourth-order valence-electron chi connectivity index (χ4n) is 2.14. The molecule has 1 aromatic carbocycles. The second-order valence-electron chi connectivity index (χ2n) is 5.34. The van der Waals surface area contributed by atoms with Gasteiger partial charge in [-0.25, -0.2) is 13.1 Å². The molecule has 2 aliphatic rings. The molecule has 0 spiro atoms. The molecule has 1 aliphatic heterocycles. The molecule has 98 valence electrons. The number of sulfonamides is 1. The van der Waals surface area contributed by atoms with Crippen molar-refractivity contribution in [3.8, 4) is 0 Å². The highest BCUT2D eigenvalue weighted by molar-refractivity contribution is 7.91. The summed E-state index contributed by atoms with van der Waals surface area (Å²) in [6.45, 7) is 2.25. The maximum Gasteiger partial charge on any atom is 0.217 e. The molecule has 0 amide bonds. The Labute approximate surface area is 107 Å². The molecule has 5 heteroatoms. The van der Waals surface area contributed by atoms with Crippen LogP contribution in [0.15, 0.2) is 30.3 Å². The average molecular weight is 267 g/mol. The van der Waals surface area contributed by atoms with Crippen molar-refractivity contribution in [2.75, 3.05) is 6.61 Å². The molecule has 1 aliphatic carbocycles. The van der Waals surface area contributed by atoms with Gasteiger partial charge in [0.1, 0.15) is 6.10 Å². The molecule has 1 heterocycles. The Morgan fingerprint density at radius 1 is 1.28 bits per heavy atom. The predicted molar refractivity (Wildman–Crippen MR) is 68.6 cm³/mol. The number of ether oxygens (including phenoxy) is 1. The van der Waals surface area contributed by atoms with Crippen molar-refractivity contribution in [3.05, 3.63) is 35.9 Å². The zero-order valence-electron chi connectivity index (χ0n) is 10.3. The number of nitrogens with one attached hydrogen (secondary N) is 1. The fourth-order valence-corrected chi connectivity index (χ4v) is 3.66. The van der Waals surface area contributed by atoms with Crippen molar-refractivity contribution < 1.29 is 13.2 Å². The normalized spacial score (nSPS) is 29.6. The monoisotopic (exact) mass is 267 g/mol. The Bertz CT molecular complexity index is 537. The maximum absolute atomic E-state index is 12.1. The second kappa shape index (κ2) is 4.05. The number of rotatable bonds is 4. The van der Waals surface area contributed by atoms with Crippen LogP contribution in [0.3, 0.4) is 0 Å². The van der Waals surface area contributed by atoms with E-state index in [2.05, 4.69) is 4.72 Å². The zero-order chi connectivity index (χ0) is 12.8. The topological polar surface area (TPSA) is 55.4 Å². The van der Waals surface area contributed by atoms with Crippen LogP contribution in [0, 0.1) is 0 Å². The van der Waals surface area contributed by atoms with Gasteiger partial charge in [0.15, 0.2) is 0 Å². The van der Waals surface area contributed by atoms with Crippen molar-refractivity contribution in [1.82, 2.24) is 4.72 Å². The lowest BCUT2D eigenvalue weighted by atomic mass is 9.99. The van der Waals surface area contributed by atoms with E-state index in [0.717, 1.165) is 18.4 Å². The molecular formula is C13H17NO3S. The van der Waals surface area contributed by atoms with Crippen LogP contribution in [-0.2, 0) is 14.8 Å². The largest absolute Gasteiger partial charge is 0.370 e. The molecule has 0 radical (unpaired) electrons. The van der Waals surface area contributed by atoms with Gasteiger partial charge < -0.3 is 4.74 Å². The van der Waals surface area contributed by atoms with Crippen molar-refractivity contribution in [2.45, 2.75) is 36.7 Å². The van der Waals surface area contributed by atoms with Gasteiger partial charge in [0, 0.05) is 0 Å². The Kier molecular flexibility index (Phi) is 2.73. The lowest BCUT2D eigenvalue weighted by Gasteiger charge is -2.38. The minimum absolute atomic E-state index is 0.130. The fraction of sp³-hybridized carbons (Fsp3) is 0.538. The van der Waals surface area contributed by atoms with Crippen molar-refractivity contribution in [1.29, 1.82) is 0 Å². The summed E-state index contributed by atoms with van der Waals surface area (Å²) in [5.41, 5.74) is 1.03. The summed E-state index contributed by atoms with van der Waals surface area (Å²) >= 11 is 0. The molecule has 0 bridgehead atoms. The quantitative estimate of drug-likeness (QED) is 0.901. The second-order valence-corrected chi connectivity index (χ2v) is 7.57. The third-order valence-corrected chi connectivity index (χ3v) is 6.18. The molecule has 4 nitrogen and oxygen atoms in total. The molecule has 18 heavy (non-hydrogen) atoms. The summed E-state index contributed by atoms with van der Waals surface area (Å²) in [5.74, 6) is 0. The first-order chi connectivity index (χ1) is 8.52. The van der Waals surface area contributed by atoms with E-state index >= 15 is 0 Å². The third-order valence-electron chi connectivity index (χ3n) is 3.86. The van der Waals surface area contributed by atoms with Gasteiger partial charge in [0.2, 0.25) is 10.0 Å². The van der Waals surface area contributed by atoms with Gasteiger partial charge in [0.05, 0.1) is 17.4 Å². The highest BCUT2D eigenvalue weighted by atomic mass is 32.2. The van der Waals surface area contributed by atoms with E-state index in [0.29, 0.717) is 6.61 Å². The van der Waals surface area contributed by atoms with Crippen LogP contribution in [0.1, 0.15) is 31.4 Å². The molecule has 3 rings (SSSR count). The Balaban J connectivity index is 1.72. The van der Waals surface area contributed by atoms with Crippen LogP contribution in [0.4, 0.5) is 0 Å². The average Bonchev–Trinajstić information content (AvgIpc) is 3.06. The minimum Gasteiger partial charge on any atom is -0.370 e. The number of benzene rings is 1. The van der Waals surface area contributed by atoms with E-state index in [4.69, 9.17) is 4.74 Å². The van der Waals surface area contributed by atoms with Gasteiger partial charge in [0.25, 0.3) is 0 Å². The smallest absolute Gasteiger partial charge is 0.217 e. The van der Waals surface area contributed by atoms with E-state index < -0.39 is 14.8 Å². The summed E-state index contributed by atoms with van der Waals surface area (Å²) < 4.78 is 32.0. The third kappa shape index (κ3) is 1.96. The molecule has 2 fully saturated rings. The lowest BCUT2D eigenvalue weighted by Crippen LogP contribution is -2.53. The molecular weight excluding hydrogens is 250 g/mol. The van der Waals surface area contributed by atoms with Gasteiger partial charge in [-0.1, -0.05) is 30.3 Å². The van der Waals surface area contributed by atoms with Crippen LogP contribution < -0.4 is 4.72 Å². The minimum atomic E-state index is -3.22. The predicted octanol–water partition coefficient (Wildman–Crippen LogP) is 1.60. The lowest BCUT2D eigenvalue weighted by molar-refractivity contribution is -0.0816. The van der Waals surface area contributed by atoms with Crippen molar-refractivity contribution >= 4 is 10.0 Å². The SMILES string of the molecule is CC1(S(=O)(=O)N[C@@H]2CO[C@H]2c2ccccc2)CC1. The highest BCUT2D eigenvalue weighted by Crippen LogP contribution is 2.43. The number of hydrogen-bond donors (Lipinski definition) is 1. The van der Waals surface area contributed by atoms with Gasteiger partial charge in [-0.15, -0.1) is 0 Å². The molecule has 1 saturated heterocycles. The van der Waals surface area contributed by atoms with E-state index in [-0.39, 0.29) is 12.1 Å². The summed E-state index contributed by atoms with van der Waals surface area (Å²) in [6.07, 6.45) is 1.36. The van der Waals surface area contributed by atoms with Crippen LogP contribution in [0.25, 0.3) is 0 Å². The zero-order valence-corrected chi connectivity index (χ0v) is 11.1. The molecule has 2 atom stereocenters. The van der Waals surface area contributed by atoms with Crippen LogP contribution in [-0.4, -0.2) is 25.8 Å². The van der Waals surface area contributed by atoms with Crippen LogP contribution >= 0.6 is 0 Å². The Morgan fingerprint density at radius 2 is 1.94 bits per heavy atom. The molecule has 0 aromatic heterocycles. The van der Waals surface area contributed by atoms with Gasteiger partial charge in [-0.05, 0) is 25.3 Å². The van der Waals surface area contributed by atoms with Crippen LogP contribution in [0.5, 0.6) is 0 Å². The van der Waals surface area contributed by atoms with Gasteiger partial charge in [-0.2, -0.15) is 0 Å². The van der Waals surface area contributed by atoms with Gasteiger partial charge in [-0.3, -0.25) is 0 Å². The molecule has 1 aromatic rings. The summed E-state index contributed by atoms with van der Waals surface area (Å²) in [7, 11) is -3.22. The standard InChI is InChI=1S/C13H17NO3S/c1-13(7-8-13)18(15,16)14-11-9-17-12(11)10-5-3-2-4-6-10/h2-6,11-12,14H,7-9H2,1H3/t11-,12+/m1/s1. The summed E-state index contributed by atoms with van der Waals surface area (Å²) in [5, 5.41) is 0. The van der Waals surface area contributed by atoms with E-state index in [1.807, 2.05) is 30.3 Å². The molecule has 1 saturated carbocycles.